The standard InChI is InChI=1S/C13H28N2/c1-12(2)5-9-15-10-6-13(7-11-15)4-8-14-3/h12-14H,4-11H2,1-3H3. The monoisotopic (exact) mass is 212 g/mol. The van der Waals surface area contributed by atoms with Crippen LogP contribution in [-0.2, 0) is 0 Å². The fourth-order valence-corrected chi connectivity index (χ4v) is 2.29. The van der Waals surface area contributed by atoms with Crippen molar-refractivity contribution in [3.05, 3.63) is 0 Å². The Morgan fingerprint density at radius 1 is 1.27 bits per heavy atom. The van der Waals surface area contributed by atoms with Gasteiger partial charge in [0.2, 0.25) is 0 Å². The lowest BCUT2D eigenvalue weighted by Gasteiger charge is -2.32. The molecular formula is C13H28N2. The molecule has 0 atom stereocenters. The number of hydrogen-bond acceptors (Lipinski definition) is 2. The minimum absolute atomic E-state index is 0.854. The quantitative estimate of drug-likeness (QED) is 0.727. The molecule has 0 aromatic rings. The highest BCUT2D eigenvalue weighted by Crippen LogP contribution is 2.20. The Hall–Kier alpha value is -0.0800. The minimum Gasteiger partial charge on any atom is -0.320 e. The van der Waals surface area contributed by atoms with E-state index in [9.17, 15) is 0 Å². The lowest BCUT2D eigenvalue weighted by Crippen LogP contribution is -2.35. The van der Waals surface area contributed by atoms with Crippen LogP contribution in [0.5, 0.6) is 0 Å². The highest BCUT2D eigenvalue weighted by Gasteiger charge is 2.18. The Bertz CT molecular complexity index is 149. The lowest BCUT2D eigenvalue weighted by molar-refractivity contribution is 0.172. The predicted molar refractivity (Wildman–Crippen MR) is 67.2 cm³/mol. The lowest BCUT2D eigenvalue weighted by atomic mass is 9.93. The van der Waals surface area contributed by atoms with Crippen molar-refractivity contribution in [1.82, 2.24) is 10.2 Å². The molecule has 0 amide bonds. The van der Waals surface area contributed by atoms with Crippen LogP contribution in [-0.4, -0.2) is 38.1 Å². The molecule has 1 aliphatic heterocycles. The molecule has 1 fully saturated rings. The average Bonchev–Trinajstić information content (AvgIpc) is 2.25. The third kappa shape index (κ3) is 5.53. The van der Waals surface area contributed by atoms with Crippen molar-refractivity contribution in [2.24, 2.45) is 11.8 Å². The number of nitrogens with zero attached hydrogens (tertiary/aromatic N) is 1. The SMILES string of the molecule is CNCCC1CCN(CCC(C)C)CC1. The molecule has 2 heteroatoms. The molecule has 0 unspecified atom stereocenters. The van der Waals surface area contributed by atoms with Crippen LogP contribution in [0.1, 0.15) is 39.5 Å². The van der Waals surface area contributed by atoms with Crippen LogP contribution in [0.25, 0.3) is 0 Å². The summed E-state index contributed by atoms with van der Waals surface area (Å²) in [4.78, 5) is 2.65. The van der Waals surface area contributed by atoms with Gasteiger partial charge < -0.3 is 10.2 Å². The molecular weight excluding hydrogens is 184 g/mol. The maximum Gasteiger partial charge on any atom is -0.00161 e. The van der Waals surface area contributed by atoms with Crippen molar-refractivity contribution in [2.75, 3.05) is 33.2 Å². The fraction of sp³-hybridized carbons (Fsp3) is 1.00. The summed E-state index contributed by atoms with van der Waals surface area (Å²) < 4.78 is 0. The van der Waals surface area contributed by atoms with Crippen LogP contribution in [0, 0.1) is 11.8 Å². The van der Waals surface area contributed by atoms with Crippen molar-refractivity contribution in [1.29, 1.82) is 0 Å². The van der Waals surface area contributed by atoms with Crippen LogP contribution in [0.4, 0.5) is 0 Å². The summed E-state index contributed by atoms with van der Waals surface area (Å²) >= 11 is 0. The van der Waals surface area contributed by atoms with Gasteiger partial charge in [-0.15, -0.1) is 0 Å². The van der Waals surface area contributed by atoms with Crippen LogP contribution in [0.3, 0.4) is 0 Å². The van der Waals surface area contributed by atoms with E-state index in [0.29, 0.717) is 0 Å². The highest BCUT2D eigenvalue weighted by molar-refractivity contribution is 4.72. The molecule has 0 saturated carbocycles. The van der Waals surface area contributed by atoms with Crippen molar-refractivity contribution in [3.8, 4) is 0 Å². The molecule has 0 bridgehead atoms. The Balaban J connectivity index is 2.07. The van der Waals surface area contributed by atoms with E-state index < -0.39 is 0 Å². The van der Waals surface area contributed by atoms with Gasteiger partial charge in [-0.1, -0.05) is 13.8 Å². The number of nitrogens with one attached hydrogen (secondary N) is 1. The van der Waals surface area contributed by atoms with Gasteiger partial charge in [-0.3, -0.25) is 0 Å². The topological polar surface area (TPSA) is 15.3 Å². The third-order valence-corrected chi connectivity index (χ3v) is 3.53. The van der Waals surface area contributed by atoms with Gasteiger partial charge in [-0.05, 0) is 70.7 Å². The number of piperidine rings is 1. The summed E-state index contributed by atoms with van der Waals surface area (Å²) in [5, 5.41) is 3.25. The van der Waals surface area contributed by atoms with Gasteiger partial charge in [0, 0.05) is 0 Å². The van der Waals surface area contributed by atoms with E-state index in [4.69, 9.17) is 0 Å². The predicted octanol–water partition coefficient (Wildman–Crippen LogP) is 2.35. The maximum atomic E-state index is 3.25. The van der Waals surface area contributed by atoms with Gasteiger partial charge in [-0.25, -0.2) is 0 Å². The first-order chi connectivity index (χ1) is 7.22. The van der Waals surface area contributed by atoms with Crippen molar-refractivity contribution in [2.45, 2.75) is 39.5 Å². The smallest absolute Gasteiger partial charge is 0.00161 e. The van der Waals surface area contributed by atoms with Crippen molar-refractivity contribution < 1.29 is 0 Å². The second kappa shape index (κ2) is 7.24. The maximum absolute atomic E-state index is 3.25. The van der Waals surface area contributed by atoms with Gasteiger partial charge in [0.25, 0.3) is 0 Å². The van der Waals surface area contributed by atoms with E-state index in [0.717, 1.165) is 11.8 Å². The number of likely N-dealkylation sites (tertiary alicyclic amines) is 1. The molecule has 15 heavy (non-hydrogen) atoms. The Labute approximate surface area is 95.4 Å². The third-order valence-electron chi connectivity index (χ3n) is 3.53. The van der Waals surface area contributed by atoms with E-state index in [-0.39, 0.29) is 0 Å². The molecule has 1 saturated heterocycles. The molecule has 0 aliphatic carbocycles. The molecule has 0 radical (unpaired) electrons. The average molecular weight is 212 g/mol. The first-order valence-electron chi connectivity index (χ1n) is 6.59. The molecule has 90 valence electrons. The van der Waals surface area contributed by atoms with Crippen molar-refractivity contribution in [3.63, 3.8) is 0 Å². The van der Waals surface area contributed by atoms with Gasteiger partial charge in [0.15, 0.2) is 0 Å². The Morgan fingerprint density at radius 3 is 2.47 bits per heavy atom. The largest absolute Gasteiger partial charge is 0.320 e. The summed E-state index contributed by atoms with van der Waals surface area (Å²) in [6.45, 7) is 9.81. The van der Waals surface area contributed by atoms with Gasteiger partial charge in [-0.2, -0.15) is 0 Å². The van der Waals surface area contributed by atoms with Gasteiger partial charge in [0.05, 0.1) is 0 Å². The number of rotatable bonds is 6. The minimum atomic E-state index is 0.854. The highest BCUT2D eigenvalue weighted by atomic mass is 15.1. The molecule has 1 rings (SSSR count). The molecule has 1 N–H and O–H groups in total. The summed E-state index contributed by atoms with van der Waals surface area (Å²) in [5.41, 5.74) is 0. The van der Waals surface area contributed by atoms with Gasteiger partial charge in [0.1, 0.15) is 0 Å². The summed E-state index contributed by atoms with van der Waals surface area (Å²) in [7, 11) is 2.05. The van der Waals surface area contributed by atoms with Crippen LogP contribution in [0.2, 0.25) is 0 Å². The summed E-state index contributed by atoms with van der Waals surface area (Å²) in [5.74, 6) is 1.83. The molecule has 0 spiro atoms. The van der Waals surface area contributed by atoms with Gasteiger partial charge >= 0.3 is 0 Å². The van der Waals surface area contributed by atoms with E-state index in [1.807, 2.05) is 0 Å². The zero-order valence-electron chi connectivity index (χ0n) is 10.8. The zero-order chi connectivity index (χ0) is 11.1. The zero-order valence-corrected chi connectivity index (χ0v) is 10.8. The van der Waals surface area contributed by atoms with Crippen LogP contribution in [0.15, 0.2) is 0 Å². The fourth-order valence-electron chi connectivity index (χ4n) is 2.29. The number of hydrogen-bond donors (Lipinski definition) is 1. The normalized spacial score (nSPS) is 20.0. The first-order valence-corrected chi connectivity index (χ1v) is 6.59. The van der Waals surface area contributed by atoms with E-state index >= 15 is 0 Å². The first kappa shape index (κ1) is 13.0. The van der Waals surface area contributed by atoms with Crippen LogP contribution >= 0.6 is 0 Å². The van der Waals surface area contributed by atoms with Crippen LogP contribution < -0.4 is 5.32 Å². The summed E-state index contributed by atoms with van der Waals surface area (Å²) in [6.07, 6.45) is 5.56. The molecule has 0 aromatic carbocycles. The van der Waals surface area contributed by atoms with Crippen molar-refractivity contribution >= 4 is 0 Å². The second-order valence-corrected chi connectivity index (χ2v) is 5.36. The van der Waals surface area contributed by atoms with E-state index in [2.05, 4.69) is 31.1 Å². The van der Waals surface area contributed by atoms with E-state index in [1.54, 1.807) is 0 Å². The molecule has 1 aliphatic rings. The Morgan fingerprint density at radius 2 is 1.93 bits per heavy atom. The summed E-state index contributed by atoms with van der Waals surface area (Å²) in [6, 6.07) is 0. The second-order valence-electron chi connectivity index (χ2n) is 5.36. The molecule has 2 nitrogen and oxygen atoms in total. The molecule has 1 heterocycles. The molecule has 0 aromatic heterocycles. The Kier molecular flexibility index (Phi) is 6.26. The van der Waals surface area contributed by atoms with E-state index in [1.165, 1.54) is 51.9 Å².